The van der Waals surface area contributed by atoms with E-state index in [9.17, 15) is 8.42 Å². The first-order chi connectivity index (χ1) is 6.58. The number of hydrogen-bond acceptors (Lipinski definition) is 3. The van der Waals surface area contributed by atoms with Crippen LogP contribution in [-0.4, -0.2) is 15.0 Å². The Morgan fingerprint density at radius 2 is 2.00 bits per heavy atom. The van der Waals surface area contributed by atoms with E-state index in [0.29, 0.717) is 5.56 Å². The Labute approximate surface area is 91.5 Å². The number of benzene rings is 1. The largest absolute Gasteiger partial charge is 0.297 e. The summed E-state index contributed by atoms with van der Waals surface area (Å²) in [4.78, 5) is 0.210. The fourth-order valence-electron chi connectivity index (χ4n) is 1.04. The van der Waals surface area contributed by atoms with Crippen molar-refractivity contribution in [2.45, 2.75) is 19.2 Å². The summed E-state index contributed by atoms with van der Waals surface area (Å²) in [5, 5.41) is 0. The quantitative estimate of drug-likeness (QED) is 0.587. The van der Waals surface area contributed by atoms with Gasteiger partial charge in [-0.25, -0.2) is 0 Å². The van der Waals surface area contributed by atoms with Crippen LogP contribution in [0.4, 0.5) is 0 Å². The molecular weight excluding hydrogens is 212 g/mol. The van der Waals surface area contributed by atoms with Gasteiger partial charge in [-0.05, 0) is 18.6 Å². The Balaban J connectivity index is 0.00000196. The molecule has 0 amide bonds. The van der Waals surface area contributed by atoms with Crippen LogP contribution in [0.1, 0.15) is 13.0 Å². The zero-order valence-corrected chi connectivity index (χ0v) is 8.75. The number of hydrogen-bond donors (Lipinski definition) is 0. The second-order valence-corrected chi connectivity index (χ2v) is 4.38. The summed E-state index contributed by atoms with van der Waals surface area (Å²) in [6, 6.07) is 6.69. The molecule has 0 N–H and O–H groups in total. The van der Waals surface area contributed by atoms with Crippen molar-refractivity contribution in [3.05, 3.63) is 42.5 Å². The lowest BCUT2D eigenvalue weighted by Crippen LogP contribution is -2.07. The molecule has 15 heavy (non-hydrogen) atoms. The predicted octanol–water partition coefficient (Wildman–Crippen LogP) is 2.52. The van der Waals surface area contributed by atoms with Gasteiger partial charge in [0.25, 0.3) is 10.1 Å². The van der Waals surface area contributed by atoms with Crippen molar-refractivity contribution in [1.82, 2.24) is 0 Å². The van der Waals surface area contributed by atoms with Gasteiger partial charge in [-0.15, -0.1) is 6.58 Å². The Kier molecular flexibility index (Phi) is 5.25. The smallest absolute Gasteiger partial charge is 0.262 e. The third-order valence-corrected chi connectivity index (χ3v) is 3.15. The second-order valence-electron chi connectivity index (χ2n) is 2.79. The van der Waals surface area contributed by atoms with Crippen molar-refractivity contribution in [2.24, 2.45) is 0 Å². The molecule has 0 aliphatic heterocycles. The highest BCUT2D eigenvalue weighted by Crippen LogP contribution is 2.16. The van der Waals surface area contributed by atoms with E-state index in [1.165, 1.54) is 12.1 Å². The molecule has 84 valence electrons. The molecule has 1 aromatic carbocycles. The molecule has 0 aromatic heterocycles. The van der Waals surface area contributed by atoms with Crippen molar-refractivity contribution in [3.63, 3.8) is 0 Å². The van der Waals surface area contributed by atoms with Crippen LogP contribution in [0.3, 0.4) is 0 Å². The van der Waals surface area contributed by atoms with Gasteiger partial charge in [-0.2, -0.15) is 8.42 Å². The van der Waals surface area contributed by atoms with Gasteiger partial charge in [0.05, 0.1) is 11.5 Å². The summed E-state index contributed by atoms with van der Waals surface area (Å²) in [5.74, 6) is 0. The van der Waals surface area contributed by atoms with E-state index in [4.69, 9.17) is 4.18 Å². The fraction of sp³-hybridized carbons (Fsp3) is 0.273. The number of aryl methyl sites for hydroxylation is 1. The molecule has 0 atom stereocenters. The van der Waals surface area contributed by atoms with E-state index in [1.54, 1.807) is 25.1 Å². The maximum absolute atomic E-state index is 11.5. The van der Waals surface area contributed by atoms with E-state index >= 15 is 0 Å². The van der Waals surface area contributed by atoms with Gasteiger partial charge in [-0.1, -0.05) is 31.7 Å². The molecule has 1 rings (SSSR count). The van der Waals surface area contributed by atoms with Crippen molar-refractivity contribution in [2.75, 3.05) is 6.61 Å². The fourth-order valence-corrected chi connectivity index (χ4v) is 2.15. The summed E-state index contributed by atoms with van der Waals surface area (Å²) >= 11 is 0. The predicted molar refractivity (Wildman–Crippen MR) is 61.2 cm³/mol. The van der Waals surface area contributed by atoms with E-state index in [1.807, 2.05) is 0 Å². The van der Waals surface area contributed by atoms with Gasteiger partial charge < -0.3 is 0 Å². The lowest BCUT2D eigenvalue weighted by atomic mass is 10.2. The van der Waals surface area contributed by atoms with Crippen LogP contribution in [-0.2, 0) is 14.3 Å². The Morgan fingerprint density at radius 1 is 1.40 bits per heavy atom. The minimum absolute atomic E-state index is 0. The normalized spacial score (nSPS) is 10.5. The van der Waals surface area contributed by atoms with Crippen LogP contribution in [0, 0.1) is 6.92 Å². The van der Waals surface area contributed by atoms with Crippen molar-refractivity contribution >= 4 is 10.1 Å². The minimum atomic E-state index is -3.62. The molecule has 0 aliphatic rings. The summed E-state index contributed by atoms with van der Waals surface area (Å²) in [6.45, 7) is 5.11. The van der Waals surface area contributed by atoms with Crippen LogP contribution in [0.5, 0.6) is 0 Å². The van der Waals surface area contributed by atoms with E-state index in [0.717, 1.165) is 0 Å². The Bertz CT molecular complexity index is 421. The molecule has 3 nitrogen and oxygen atoms in total. The lowest BCUT2D eigenvalue weighted by Gasteiger charge is -2.05. The molecule has 0 spiro atoms. The maximum Gasteiger partial charge on any atom is 0.297 e. The van der Waals surface area contributed by atoms with Gasteiger partial charge in [0.1, 0.15) is 0 Å². The lowest BCUT2D eigenvalue weighted by molar-refractivity contribution is 0.357. The Morgan fingerprint density at radius 3 is 2.53 bits per heavy atom. The van der Waals surface area contributed by atoms with Gasteiger partial charge in [0.15, 0.2) is 0 Å². The molecule has 4 heteroatoms. The van der Waals surface area contributed by atoms with Crippen LogP contribution in [0.15, 0.2) is 41.8 Å². The van der Waals surface area contributed by atoms with E-state index < -0.39 is 10.1 Å². The summed E-state index contributed by atoms with van der Waals surface area (Å²) in [6.07, 6.45) is 1.40. The molecular formula is C11H16O3S. The van der Waals surface area contributed by atoms with Gasteiger partial charge in [0.2, 0.25) is 0 Å². The highest BCUT2D eigenvalue weighted by atomic mass is 32.2. The monoisotopic (exact) mass is 228 g/mol. The summed E-state index contributed by atoms with van der Waals surface area (Å²) in [7, 11) is -3.62. The first-order valence-corrected chi connectivity index (χ1v) is 5.54. The first kappa shape index (κ1) is 13.9. The highest BCUT2D eigenvalue weighted by Gasteiger charge is 2.15. The SMILES string of the molecule is C.C=CCOS(=O)(=O)c1ccccc1C. The minimum Gasteiger partial charge on any atom is -0.262 e. The molecule has 0 fully saturated rings. The number of rotatable bonds is 4. The summed E-state index contributed by atoms with van der Waals surface area (Å²) in [5.41, 5.74) is 0.677. The highest BCUT2D eigenvalue weighted by molar-refractivity contribution is 7.86. The molecule has 1 aromatic rings. The second kappa shape index (κ2) is 5.68. The zero-order chi connectivity index (χ0) is 10.6. The van der Waals surface area contributed by atoms with Crippen molar-refractivity contribution in [1.29, 1.82) is 0 Å². The molecule has 0 saturated heterocycles. The molecule has 0 radical (unpaired) electrons. The third kappa shape index (κ3) is 3.49. The van der Waals surface area contributed by atoms with Gasteiger partial charge in [-0.3, -0.25) is 4.18 Å². The van der Waals surface area contributed by atoms with Crippen LogP contribution in [0.25, 0.3) is 0 Å². The maximum atomic E-state index is 11.5. The van der Waals surface area contributed by atoms with Crippen LogP contribution in [0.2, 0.25) is 0 Å². The first-order valence-electron chi connectivity index (χ1n) is 4.14. The zero-order valence-electron chi connectivity index (χ0n) is 7.93. The topological polar surface area (TPSA) is 43.4 Å². The van der Waals surface area contributed by atoms with Crippen molar-refractivity contribution in [3.8, 4) is 0 Å². The standard InChI is InChI=1S/C10H12O3S.CH4/c1-3-8-13-14(11,12)10-7-5-4-6-9(10)2;/h3-7H,1,8H2,2H3;1H4. The third-order valence-electron chi connectivity index (χ3n) is 1.70. The molecule has 0 saturated carbocycles. The Hall–Kier alpha value is -1.13. The van der Waals surface area contributed by atoms with E-state index in [2.05, 4.69) is 6.58 Å². The molecule has 0 bridgehead atoms. The van der Waals surface area contributed by atoms with Crippen LogP contribution < -0.4 is 0 Å². The molecule has 0 heterocycles. The molecule has 0 unspecified atom stereocenters. The average Bonchev–Trinajstić information content (AvgIpc) is 2.15. The van der Waals surface area contributed by atoms with Gasteiger partial charge in [0, 0.05) is 0 Å². The summed E-state index contributed by atoms with van der Waals surface area (Å²) < 4.78 is 27.8. The van der Waals surface area contributed by atoms with Crippen LogP contribution >= 0.6 is 0 Å². The molecule has 0 aliphatic carbocycles. The average molecular weight is 228 g/mol. The van der Waals surface area contributed by atoms with Gasteiger partial charge >= 0.3 is 0 Å². The van der Waals surface area contributed by atoms with E-state index in [-0.39, 0.29) is 18.9 Å². The van der Waals surface area contributed by atoms with Crippen molar-refractivity contribution < 1.29 is 12.6 Å².